The van der Waals surface area contributed by atoms with Crippen molar-refractivity contribution in [1.82, 2.24) is 10.3 Å². The Balaban J connectivity index is 1.71. The van der Waals surface area contributed by atoms with Crippen LogP contribution in [-0.2, 0) is 11.3 Å². The lowest BCUT2D eigenvalue weighted by Crippen LogP contribution is -2.28. The van der Waals surface area contributed by atoms with Crippen molar-refractivity contribution in [1.29, 1.82) is 0 Å². The Hall–Kier alpha value is -1.88. The van der Waals surface area contributed by atoms with Crippen LogP contribution in [0.2, 0.25) is 0 Å². The van der Waals surface area contributed by atoms with Crippen molar-refractivity contribution in [3.8, 4) is 5.88 Å². The SMILES string of the molecule is O=C(COc1ccccn1)NCc1cccs1. The topological polar surface area (TPSA) is 51.2 Å². The van der Waals surface area contributed by atoms with Crippen LogP contribution in [0.25, 0.3) is 0 Å². The van der Waals surface area contributed by atoms with Gasteiger partial charge in [0, 0.05) is 17.1 Å². The van der Waals surface area contributed by atoms with Gasteiger partial charge < -0.3 is 10.1 Å². The molecule has 0 fully saturated rings. The molecule has 1 amide bonds. The molecule has 2 aromatic heterocycles. The fraction of sp³-hybridized carbons (Fsp3) is 0.167. The summed E-state index contributed by atoms with van der Waals surface area (Å²) in [4.78, 5) is 16.5. The quantitative estimate of drug-likeness (QED) is 0.878. The van der Waals surface area contributed by atoms with Gasteiger partial charge in [0.1, 0.15) is 0 Å². The summed E-state index contributed by atoms with van der Waals surface area (Å²) in [7, 11) is 0. The second-order valence-corrected chi connectivity index (χ2v) is 4.34. The van der Waals surface area contributed by atoms with E-state index < -0.39 is 0 Å². The molecule has 0 aliphatic heterocycles. The van der Waals surface area contributed by atoms with Crippen LogP contribution in [0.15, 0.2) is 41.9 Å². The highest BCUT2D eigenvalue weighted by Gasteiger charge is 2.03. The summed E-state index contributed by atoms with van der Waals surface area (Å²) in [6.07, 6.45) is 1.62. The molecule has 0 aliphatic rings. The zero-order valence-corrected chi connectivity index (χ0v) is 9.94. The van der Waals surface area contributed by atoms with Crippen molar-refractivity contribution in [3.05, 3.63) is 46.8 Å². The van der Waals surface area contributed by atoms with Gasteiger partial charge in [0.05, 0.1) is 6.54 Å². The van der Waals surface area contributed by atoms with Crippen LogP contribution < -0.4 is 10.1 Å². The first-order valence-corrected chi connectivity index (χ1v) is 6.05. The molecule has 0 aromatic carbocycles. The highest BCUT2D eigenvalue weighted by atomic mass is 32.1. The van der Waals surface area contributed by atoms with E-state index in [2.05, 4.69) is 10.3 Å². The van der Waals surface area contributed by atoms with Gasteiger partial charge in [-0.2, -0.15) is 0 Å². The molecule has 1 N–H and O–H groups in total. The highest BCUT2D eigenvalue weighted by Crippen LogP contribution is 2.07. The first-order chi connectivity index (χ1) is 8.34. The number of thiophene rings is 1. The van der Waals surface area contributed by atoms with Gasteiger partial charge in [0.2, 0.25) is 5.88 Å². The Labute approximate surface area is 103 Å². The van der Waals surface area contributed by atoms with E-state index in [9.17, 15) is 4.79 Å². The first-order valence-electron chi connectivity index (χ1n) is 5.17. The van der Waals surface area contributed by atoms with Gasteiger partial charge in [-0.05, 0) is 17.5 Å². The van der Waals surface area contributed by atoms with Gasteiger partial charge in [-0.25, -0.2) is 4.98 Å². The van der Waals surface area contributed by atoms with Gasteiger partial charge in [0.25, 0.3) is 5.91 Å². The Morgan fingerprint density at radius 1 is 1.35 bits per heavy atom. The zero-order valence-electron chi connectivity index (χ0n) is 9.13. The monoisotopic (exact) mass is 248 g/mol. The summed E-state index contributed by atoms with van der Waals surface area (Å²) in [6.45, 7) is 0.532. The third-order valence-corrected chi connectivity index (χ3v) is 2.91. The Bertz CT molecular complexity index is 457. The molecule has 0 saturated heterocycles. The zero-order chi connectivity index (χ0) is 11.9. The van der Waals surface area contributed by atoms with E-state index in [1.807, 2.05) is 23.6 Å². The maximum Gasteiger partial charge on any atom is 0.258 e. The van der Waals surface area contributed by atoms with E-state index in [4.69, 9.17) is 4.74 Å². The molecule has 5 heteroatoms. The minimum Gasteiger partial charge on any atom is -0.468 e. The van der Waals surface area contributed by atoms with Crippen LogP contribution in [0.5, 0.6) is 5.88 Å². The third-order valence-electron chi connectivity index (χ3n) is 2.03. The minimum absolute atomic E-state index is 0.0115. The van der Waals surface area contributed by atoms with Gasteiger partial charge in [-0.15, -0.1) is 11.3 Å². The standard InChI is InChI=1S/C12H12N2O2S/c15-11(14-8-10-4-3-7-17-10)9-16-12-5-1-2-6-13-12/h1-7H,8-9H2,(H,14,15). The van der Waals surface area contributed by atoms with E-state index in [0.717, 1.165) is 4.88 Å². The molecule has 2 aromatic rings. The van der Waals surface area contributed by atoms with Crippen LogP contribution in [0, 0.1) is 0 Å². The Kier molecular flexibility index (Phi) is 4.10. The second-order valence-electron chi connectivity index (χ2n) is 3.31. The molecule has 17 heavy (non-hydrogen) atoms. The molecular formula is C12H12N2O2S. The number of hydrogen-bond donors (Lipinski definition) is 1. The molecule has 2 rings (SSSR count). The largest absolute Gasteiger partial charge is 0.468 e. The minimum atomic E-state index is -0.149. The lowest BCUT2D eigenvalue weighted by atomic mass is 10.4. The summed E-state index contributed by atoms with van der Waals surface area (Å²) in [5.41, 5.74) is 0. The van der Waals surface area contributed by atoms with Crippen molar-refractivity contribution < 1.29 is 9.53 Å². The number of ether oxygens (including phenoxy) is 1. The summed E-state index contributed by atoms with van der Waals surface area (Å²) in [6, 6.07) is 9.25. The molecule has 0 aliphatic carbocycles. The van der Waals surface area contributed by atoms with E-state index in [1.165, 1.54) is 0 Å². The molecule has 4 nitrogen and oxygen atoms in total. The number of pyridine rings is 1. The molecule has 0 bridgehead atoms. The number of hydrogen-bond acceptors (Lipinski definition) is 4. The normalized spacial score (nSPS) is 9.88. The predicted molar refractivity (Wildman–Crippen MR) is 65.9 cm³/mol. The van der Waals surface area contributed by atoms with Crippen LogP contribution >= 0.6 is 11.3 Å². The number of amides is 1. The average Bonchev–Trinajstić information content (AvgIpc) is 2.88. The van der Waals surface area contributed by atoms with E-state index in [1.54, 1.807) is 29.7 Å². The molecule has 88 valence electrons. The summed E-state index contributed by atoms with van der Waals surface area (Å²) in [5.74, 6) is 0.308. The molecule has 0 saturated carbocycles. The number of nitrogens with one attached hydrogen (secondary N) is 1. The van der Waals surface area contributed by atoms with Crippen LogP contribution in [0.1, 0.15) is 4.88 Å². The fourth-order valence-corrected chi connectivity index (χ4v) is 1.87. The van der Waals surface area contributed by atoms with E-state index in [-0.39, 0.29) is 12.5 Å². The molecule has 0 radical (unpaired) electrons. The summed E-state index contributed by atoms with van der Waals surface area (Å²) in [5, 5.41) is 4.75. The maximum atomic E-state index is 11.5. The van der Waals surface area contributed by atoms with Gasteiger partial charge in [-0.3, -0.25) is 4.79 Å². The highest BCUT2D eigenvalue weighted by molar-refractivity contribution is 7.09. The van der Waals surface area contributed by atoms with Crippen molar-refractivity contribution in [2.75, 3.05) is 6.61 Å². The van der Waals surface area contributed by atoms with Crippen molar-refractivity contribution in [3.63, 3.8) is 0 Å². The number of carbonyl (C=O) groups excluding carboxylic acids is 1. The predicted octanol–water partition coefficient (Wildman–Crippen LogP) is 1.84. The van der Waals surface area contributed by atoms with Crippen molar-refractivity contribution in [2.45, 2.75) is 6.54 Å². The average molecular weight is 248 g/mol. The Morgan fingerprint density at radius 2 is 2.29 bits per heavy atom. The van der Waals surface area contributed by atoms with Gasteiger partial charge >= 0.3 is 0 Å². The molecule has 0 unspecified atom stereocenters. The van der Waals surface area contributed by atoms with Crippen molar-refractivity contribution in [2.24, 2.45) is 0 Å². The number of nitrogens with zero attached hydrogens (tertiary/aromatic N) is 1. The van der Waals surface area contributed by atoms with Gasteiger partial charge in [-0.1, -0.05) is 12.1 Å². The lowest BCUT2D eigenvalue weighted by molar-refractivity contribution is -0.123. The second kappa shape index (κ2) is 6.00. The number of rotatable bonds is 5. The summed E-state index contributed by atoms with van der Waals surface area (Å²) >= 11 is 1.61. The van der Waals surface area contributed by atoms with Gasteiger partial charge in [0.15, 0.2) is 6.61 Å². The summed E-state index contributed by atoms with van der Waals surface area (Å²) < 4.78 is 5.22. The smallest absolute Gasteiger partial charge is 0.258 e. The van der Waals surface area contributed by atoms with E-state index in [0.29, 0.717) is 12.4 Å². The van der Waals surface area contributed by atoms with Crippen LogP contribution in [0.4, 0.5) is 0 Å². The van der Waals surface area contributed by atoms with Crippen molar-refractivity contribution >= 4 is 17.2 Å². The maximum absolute atomic E-state index is 11.5. The lowest BCUT2D eigenvalue weighted by Gasteiger charge is -2.05. The van der Waals surface area contributed by atoms with Crippen LogP contribution in [-0.4, -0.2) is 17.5 Å². The van der Waals surface area contributed by atoms with E-state index >= 15 is 0 Å². The number of carbonyl (C=O) groups is 1. The first kappa shape index (κ1) is 11.6. The molecular weight excluding hydrogens is 236 g/mol. The van der Waals surface area contributed by atoms with Crippen LogP contribution in [0.3, 0.4) is 0 Å². The number of aromatic nitrogens is 1. The Morgan fingerprint density at radius 3 is 3.00 bits per heavy atom. The molecule has 2 heterocycles. The molecule has 0 atom stereocenters. The third kappa shape index (κ3) is 3.88. The molecule has 0 spiro atoms. The fourth-order valence-electron chi connectivity index (χ4n) is 1.22.